The summed E-state index contributed by atoms with van der Waals surface area (Å²) in [5.41, 5.74) is 11.2. The van der Waals surface area contributed by atoms with Crippen molar-refractivity contribution in [1.29, 1.82) is 0 Å². The zero-order valence-corrected chi connectivity index (χ0v) is 24.4. The third kappa shape index (κ3) is 4.13. The Bertz CT molecular complexity index is 2490. The van der Waals surface area contributed by atoms with Crippen molar-refractivity contribution in [3.8, 4) is 22.3 Å². The predicted octanol–water partition coefficient (Wildman–Crippen LogP) is 12.3. The summed E-state index contributed by atoms with van der Waals surface area (Å²) in [7, 11) is 0. The first-order valence-electron chi connectivity index (χ1n) is 15.2. The van der Waals surface area contributed by atoms with Gasteiger partial charge in [-0.05, 0) is 65.2 Å². The Morgan fingerprint density at radius 2 is 0.978 bits per heavy atom. The second-order valence-corrected chi connectivity index (χ2v) is 11.3. The number of hydrogen-bond acceptors (Lipinski definition) is 3. The highest BCUT2D eigenvalue weighted by molar-refractivity contribution is 6.16. The lowest BCUT2D eigenvalue weighted by molar-refractivity contribution is 0.668. The van der Waals surface area contributed by atoms with Crippen LogP contribution in [0.1, 0.15) is 0 Å². The highest BCUT2D eigenvalue weighted by Crippen LogP contribution is 2.49. The van der Waals surface area contributed by atoms with Gasteiger partial charge in [0.05, 0.1) is 5.69 Å². The molecule has 0 atom stereocenters. The Morgan fingerprint density at radius 3 is 1.80 bits per heavy atom. The third-order valence-electron chi connectivity index (χ3n) is 8.67. The van der Waals surface area contributed by atoms with Crippen LogP contribution in [0.5, 0.6) is 0 Å². The maximum absolute atomic E-state index is 6.38. The number of para-hydroxylation sites is 3. The van der Waals surface area contributed by atoms with E-state index in [-0.39, 0.29) is 0 Å². The van der Waals surface area contributed by atoms with Crippen LogP contribution in [0.2, 0.25) is 0 Å². The van der Waals surface area contributed by atoms with Gasteiger partial charge >= 0.3 is 0 Å². The van der Waals surface area contributed by atoms with Crippen LogP contribution < -0.4 is 4.90 Å². The summed E-state index contributed by atoms with van der Waals surface area (Å²) >= 11 is 0. The fourth-order valence-electron chi connectivity index (χ4n) is 6.71. The second kappa shape index (κ2) is 10.3. The smallest absolute Gasteiger partial charge is 0.137 e. The summed E-state index contributed by atoms with van der Waals surface area (Å²) < 4.78 is 12.8. The largest absolute Gasteiger partial charge is 0.456 e. The van der Waals surface area contributed by atoms with Gasteiger partial charge in [-0.3, -0.25) is 0 Å². The van der Waals surface area contributed by atoms with E-state index in [0.717, 1.165) is 83.2 Å². The van der Waals surface area contributed by atoms with E-state index >= 15 is 0 Å². The third-order valence-corrected chi connectivity index (χ3v) is 8.67. The van der Waals surface area contributed by atoms with Crippen LogP contribution in [0.15, 0.2) is 173 Å². The van der Waals surface area contributed by atoms with Crippen molar-refractivity contribution < 1.29 is 8.83 Å². The lowest BCUT2D eigenvalue weighted by Gasteiger charge is -2.29. The van der Waals surface area contributed by atoms with Gasteiger partial charge in [0.25, 0.3) is 0 Å². The first kappa shape index (κ1) is 25.4. The van der Waals surface area contributed by atoms with E-state index in [4.69, 9.17) is 8.83 Å². The number of furan rings is 2. The molecule has 2 aromatic heterocycles. The monoisotopic (exact) mass is 577 g/mol. The maximum atomic E-state index is 6.38. The van der Waals surface area contributed by atoms with Gasteiger partial charge in [0, 0.05) is 44.5 Å². The molecule has 45 heavy (non-hydrogen) atoms. The molecule has 0 saturated heterocycles. The summed E-state index contributed by atoms with van der Waals surface area (Å²) in [6, 6.07) is 57.3. The summed E-state index contributed by atoms with van der Waals surface area (Å²) in [6.07, 6.45) is 0. The van der Waals surface area contributed by atoms with Crippen LogP contribution in [0.3, 0.4) is 0 Å². The Kier molecular flexibility index (Phi) is 5.82. The molecule has 0 saturated carbocycles. The SMILES string of the molecule is c1ccc(-c2cccc(N(c3ccccc3)c3ccc4c(c3)oc3ccccc34)c2-c2cccc3oc4ccccc4c23)cc1. The van der Waals surface area contributed by atoms with Crippen molar-refractivity contribution in [2.24, 2.45) is 0 Å². The molecule has 0 fully saturated rings. The fraction of sp³-hybridized carbons (Fsp3) is 0. The average molecular weight is 578 g/mol. The van der Waals surface area contributed by atoms with Crippen LogP contribution in [-0.2, 0) is 0 Å². The maximum Gasteiger partial charge on any atom is 0.137 e. The molecule has 3 nitrogen and oxygen atoms in total. The van der Waals surface area contributed by atoms with Crippen molar-refractivity contribution >= 4 is 60.9 Å². The minimum atomic E-state index is 0.860. The minimum absolute atomic E-state index is 0.860. The van der Waals surface area contributed by atoms with Crippen molar-refractivity contribution in [2.75, 3.05) is 4.90 Å². The van der Waals surface area contributed by atoms with E-state index in [1.54, 1.807) is 0 Å². The van der Waals surface area contributed by atoms with E-state index in [9.17, 15) is 0 Å². The molecule has 7 aromatic carbocycles. The number of anilines is 3. The highest BCUT2D eigenvalue weighted by Gasteiger charge is 2.24. The molecule has 0 N–H and O–H groups in total. The number of benzene rings is 7. The van der Waals surface area contributed by atoms with Gasteiger partial charge in [0.1, 0.15) is 22.3 Å². The molecule has 0 amide bonds. The normalized spacial score (nSPS) is 11.6. The zero-order chi connectivity index (χ0) is 29.7. The Hall–Kier alpha value is -6.06. The van der Waals surface area contributed by atoms with Gasteiger partial charge in [0.15, 0.2) is 0 Å². The molecule has 9 rings (SSSR count). The average Bonchev–Trinajstić information content (AvgIpc) is 3.67. The molecule has 0 radical (unpaired) electrons. The van der Waals surface area contributed by atoms with Crippen LogP contribution in [0.25, 0.3) is 66.1 Å². The van der Waals surface area contributed by atoms with Crippen molar-refractivity contribution in [2.45, 2.75) is 0 Å². The molecule has 2 heterocycles. The first-order chi connectivity index (χ1) is 22.3. The van der Waals surface area contributed by atoms with Crippen molar-refractivity contribution in [3.63, 3.8) is 0 Å². The lowest BCUT2D eigenvalue weighted by Crippen LogP contribution is -2.11. The van der Waals surface area contributed by atoms with E-state index in [1.165, 1.54) is 0 Å². The quantitative estimate of drug-likeness (QED) is 0.204. The molecule has 9 aromatic rings. The van der Waals surface area contributed by atoms with Crippen LogP contribution in [0, 0.1) is 0 Å². The molecular weight excluding hydrogens is 550 g/mol. The molecule has 0 bridgehead atoms. The van der Waals surface area contributed by atoms with Crippen LogP contribution in [0.4, 0.5) is 17.1 Å². The number of rotatable bonds is 5. The number of hydrogen-bond donors (Lipinski definition) is 0. The molecule has 0 aliphatic rings. The molecule has 0 aliphatic heterocycles. The summed E-state index contributed by atoms with van der Waals surface area (Å²) in [6.45, 7) is 0. The molecule has 212 valence electrons. The summed E-state index contributed by atoms with van der Waals surface area (Å²) in [4.78, 5) is 2.34. The number of fused-ring (bicyclic) bond motifs is 6. The predicted molar refractivity (Wildman–Crippen MR) is 187 cm³/mol. The number of nitrogens with zero attached hydrogens (tertiary/aromatic N) is 1. The standard InChI is InChI=1S/C42H27NO2/c1-3-13-28(14-4-1)31-19-11-21-36(41(31)35-20-12-24-39-42(35)34-18-8-10-23-38(34)44-39)43(29-15-5-2-6-16-29)30-25-26-33-32-17-7-9-22-37(32)45-40(33)27-30/h1-27H. The van der Waals surface area contributed by atoms with Crippen molar-refractivity contribution in [3.05, 3.63) is 164 Å². The van der Waals surface area contributed by atoms with Gasteiger partial charge in [-0.1, -0.05) is 109 Å². The Balaban J connectivity index is 1.38. The Morgan fingerprint density at radius 1 is 0.378 bits per heavy atom. The zero-order valence-electron chi connectivity index (χ0n) is 24.4. The highest BCUT2D eigenvalue weighted by atomic mass is 16.3. The van der Waals surface area contributed by atoms with Gasteiger partial charge in [-0.25, -0.2) is 0 Å². The van der Waals surface area contributed by atoms with Crippen LogP contribution in [-0.4, -0.2) is 0 Å². The first-order valence-corrected chi connectivity index (χ1v) is 15.2. The van der Waals surface area contributed by atoms with Gasteiger partial charge in [0.2, 0.25) is 0 Å². The second-order valence-electron chi connectivity index (χ2n) is 11.3. The Labute approximate surface area is 260 Å². The van der Waals surface area contributed by atoms with E-state index in [2.05, 4.69) is 144 Å². The van der Waals surface area contributed by atoms with E-state index in [1.807, 2.05) is 24.3 Å². The molecular formula is C42H27NO2. The van der Waals surface area contributed by atoms with Crippen molar-refractivity contribution in [1.82, 2.24) is 0 Å². The van der Waals surface area contributed by atoms with Gasteiger partial charge in [-0.2, -0.15) is 0 Å². The molecule has 0 spiro atoms. The van der Waals surface area contributed by atoms with E-state index in [0.29, 0.717) is 0 Å². The minimum Gasteiger partial charge on any atom is -0.456 e. The molecule has 0 aliphatic carbocycles. The molecule has 0 unspecified atom stereocenters. The van der Waals surface area contributed by atoms with Gasteiger partial charge in [-0.15, -0.1) is 0 Å². The van der Waals surface area contributed by atoms with Crippen LogP contribution >= 0.6 is 0 Å². The topological polar surface area (TPSA) is 29.5 Å². The summed E-state index contributed by atoms with van der Waals surface area (Å²) in [5.74, 6) is 0. The lowest BCUT2D eigenvalue weighted by atomic mass is 9.89. The molecule has 3 heteroatoms. The summed E-state index contributed by atoms with van der Waals surface area (Å²) in [5, 5.41) is 4.44. The van der Waals surface area contributed by atoms with Gasteiger partial charge < -0.3 is 13.7 Å². The van der Waals surface area contributed by atoms with E-state index < -0.39 is 0 Å². The fourth-order valence-corrected chi connectivity index (χ4v) is 6.71.